The number of hydrogen-bond acceptors (Lipinski definition) is 7. The number of halogens is 1. The molecular weight excluding hydrogens is 390 g/mol. The highest BCUT2D eigenvalue weighted by Gasteiger charge is 2.10. The second kappa shape index (κ2) is 8.25. The quantitative estimate of drug-likeness (QED) is 0.749. The van der Waals surface area contributed by atoms with E-state index in [1.807, 2.05) is 24.3 Å². The minimum atomic E-state index is -0.355. The number of benzene rings is 1. The van der Waals surface area contributed by atoms with Crippen LogP contribution in [-0.2, 0) is 14.3 Å². The van der Waals surface area contributed by atoms with E-state index in [2.05, 4.69) is 36.2 Å². The molecule has 1 heterocycles. The average molecular weight is 402 g/mol. The van der Waals surface area contributed by atoms with Crippen molar-refractivity contribution in [3.05, 3.63) is 28.7 Å². The number of anilines is 1. The summed E-state index contributed by atoms with van der Waals surface area (Å²) in [5.74, 6) is -0.286. The molecule has 9 heteroatoms. The van der Waals surface area contributed by atoms with Crippen LogP contribution in [0.5, 0.6) is 0 Å². The third-order valence-electron chi connectivity index (χ3n) is 2.44. The topological polar surface area (TPSA) is 81.2 Å². The Morgan fingerprint density at radius 3 is 2.68 bits per heavy atom. The van der Waals surface area contributed by atoms with Crippen molar-refractivity contribution >= 4 is 56.0 Å². The van der Waals surface area contributed by atoms with Crippen LogP contribution in [0.3, 0.4) is 0 Å². The Morgan fingerprint density at radius 1 is 1.27 bits per heavy atom. The maximum absolute atomic E-state index is 11.7. The van der Waals surface area contributed by atoms with E-state index in [1.54, 1.807) is 0 Å². The summed E-state index contributed by atoms with van der Waals surface area (Å²) < 4.78 is 5.48. The summed E-state index contributed by atoms with van der Waals surface area (Å²) >= 11 is 5.85. The van der Waals surface area contributed by atoms with Crippen molar-refractivity contribution in [1.82, 2.24) is 10.2 Å². The van der Waals surface area contributed by atoms with Gasteiger partial charge in [0.1, 0.15) is 5.01 Å². The fourth-order valence-corrected chi connectivity index (χ4v) is 3.10. The van der Waals surface area contributed by atoms with Gasteiger partial charge < -0.3 is 4.74 Å². The summed E-state index contributed by atoms with van der Waals surface area (Å²) in [4.78, 5) is 22.7. The molecule has 1 N–H and O–H groups in total. The average Bonchev–Trinajstić information content (AvgIpc) is 2.96. The van der Waals surface area contributed by atoms with Crippen molar-refractivity contribution in [1.29, 1.82) is 0 Å². The maximum Gasteiger partial charge on any atom is 0.315 e. The molecular formula is C13H12BrN3O3S2. The zero-order chi connectivity index (χ0) is 15.9. The molecule has 1 amide bonds. The molecule has 1 aromatic carbocycles. The normalized spacial score (nSPS) is 10.3. The molecule has 0 bridgehead atoms. The summed E-state index contributed by atoms with van der Waals surface area (Å²) in [6.07, 6.45) is 0. The van der Waals surface area contributed by atoms with Crippen molar-refractivity contribution in [2.45, 2.75) is 0 Å². The van der Waals surface area contributed by atoms with E-state index in [-0.39, 0.29) is 23.4 Å². The highest BCUT2D eigenvalue weighted by Crippen LogP contribution is 2.27. The van der Waals surface area contributed by atoms with Crippen LogP contribution in [-0.4, -0.2) is 40.7 Å². The molecule has 0 saturated heterocycles. The van der Waals surface area contributed by atoms with Crippen molar-refractivity contribution in [2.24, 2.45) is 0 Å². The van der Waals surface area contributed by atoms with E-state index >= 15 is 0 Å². The van der Waals surface area contributed by atoms with E-state index < -0.39 is 0 Å². The van der Waals surface area contributed by atoms with Crippen LogP contribution in [0.1, 0.15) is 0 Å². The van der Waals surface area contributed by atoms with E-state index in [0.717, 1.165) is 15.0 Å². The first kappa shape index (κ1) is 16.9. The molecule has 22 heavy (non-hydrogen) atoms. The molecule has 116 valence electrons. The van der Waals surface area contributed by atoms with Crippen LogP contribution in [0.2, 0.25) is 0 Å². The van der Waals surface area contributed by atoms with Crippen LogP contribution in [0.4, 0.5) is 5.13 Å². The largest absolute Gasteiger partial charge is 0.468 e. The molecule has 2 rings (SSSR count). The molecule has 0 saturated carbocycles. The highest BCUT2D eigenvalue weighted by molar-refractivity contribution is 9.10. The van der Waals surface area contributed by atoms with Gasteiger partial charge in [-0.2, -0.15) is 0 Å². The summed E-state index contributed by atoms with van der Waals surface area (Å²) in [6, 6.07) is 7.67. The predicted molar refractivity (Wildman–Crippen MR) is 91.0 cm³/mol. The molecule has 0 aliphatic rings. The smallest absolute Gasteiger partial charge is 0.315 e. The van der Waals surface area contributed by atoms with Gasteiger partial charge in [0.15, 0.2) is 0 Å². The number of carbonyl (C=O) groups is 2. The molecule has 0 fully saturated rings. The number of hydrogen-bond donors (Lipinski definition) is 1. The number of rotatable bonds is 6. The van der Waals surface area contributed by atoms with Crippen LogP contribution >= 0.6 is 39.0 Å². The van der Waals surface area contributed by atoms with Crippen LogP contribution in [0, 0.1) is 0 Å². The van der Waals surface area contributed by atoms with Crippen LogP contribution < -0.4 is 5.32 Å². The number of carbonyl (C=O) groups excluding carboxylic acids is 2. The fourth-order valence-electron chi connectivity index (χ4n) is 1.42. The highest BCUT2D eigenvalue weighted by atomic mass is 79.9. The molecule has 1 aromatic heterocycles. The third kappa shape index (κ3) is 5.08. The van der Waals surface area contributed by atoms with Gasteiger partial charge in [0, 0.05) is 10.0 Å². The zero-order valence-corrected chi connectivity index (χ0v) is 14.8. The Balaban J connectivity index is 1.87. The second-order valence-electron chi connectivity index (χ2n) is 4.04. The number of thioether (sulfide) groups is 1. The predicted octanol–water partition coefficient (Wildman–Crippen LogP) is 2.81. The standard InChI is InChI=1S/C13H12BrN3O3S2/c1-20-11(19)7-21-6-10(18)15-13-17-16-12(22-13)8-2-4-9(14)5-3-8/h2-5H,6-7H2,1H3,(H,15,17,18). The Kier molecular flexibility index (Phi) is 6.34. The van der Waals surface area contributed by atoms with Crippen molar-refractivity contribution in [2.75, 3.05) is 23.9 Å². The van der Waals surface area contributed by atoms with Crippen LogP contribution in [0.15, 0.2) is 28.7 Å². The van der Waals surface area contributed by atoms with Gasteiger partial charge in [0.25, 0.3) is 0 Å². The van der Waals surface area contributed by atoms with E-state index in [0.29, 0.717) is 5.13 Å². The van der Waals surface area contributed by atoms with E-state index in [1.165, 1.54) is 30.2 Å². The molecule has 6 nitrogen and oxygen atoms in total. The van der Waals surface area contributed by atoms with Gasteiger partial charge in [-0.1, -0.05) is 39.4 Å². The van der Waals surface area contributed by atoms with Gasteiger partial charge in [-0.15, -0.1) is 22.0 Å². The van der Waals surface area contributed by atoms with Crippen molar-refractivity contribution in [3.63, 3.8) is 0 Å². The maximum atomic E-state index is 11.7. The molecule has 0 aliphatic carbocycles. The monoisotopic (exact) mass is 401 g/mol. The summed E-state index contributed by atoms with van der Waals surface area (Å²) in [7, 11) is 1.31. The number of nitrogens with one attached hydrogen (secondary N) is 1. The van der Waals surface area contributed by atoms with E-state index in [4.69, 9.17) is 0 Å². The zero-order valence-electron chi connectivity index (χ0n) is 11.5. The number of amides is 1. The number of aromatic nitrogens is 2. The summed E-state index contributed by atoms with van der Waals surface area (Å²) in [5.41, 5.74) is 0.932. The summed E-state index contributed by atoms with van der Waals surface area (Å²) in [5, 5.41) is 11.8. The molecule has 0 radical (unpaired) electrons. The minimum absolute atomic E-state index is 0.143. The molecule has 0 atom stereocenters. The minimum Gasteiger partial charge on any atom is -0.468 e. The third-order valence-corrected chi connectivity index (χ3v) is 4.77. The lowest BCUT2D eigenvalue weighted by Crippen LogP contribution is -2.15. The Hall–Kier alpha value is -1.45. The second-order valence-corrected chi connectivity index (χ2v) is 6.92. The van der Waals surface area contributed by atoms with Gasteiger partial charge in [-0.3, -0.25) is 14.9 Å². The van der Waals surface area contributed by atoms with Crippen molar-refractivity contribution in [3.8, 4) is 10.6 Å². The van der Waals surface area contributed by atoms with Gasteiger partial charge in [0.2, 0.25) is 11.0 Å². The Morgan fingerprint density at radius 2 is 2.00 bits per heavy atom. The lowest BCUT2D eigenvalue weighted by atomic mass is 10.2. The Labute approximate surface area is 143 Å². The first-order valence-corrected chi connectivity index (χ1v) is 8.89. The molecule has 0 spiro atoms. The van der Waals surface area contributed by atoms with Crippen molar-refractivity contribution < 1.29 is 14.3 Å². The SMILES string of the molecule is COC(=O)CSCC(=O)Nc1nnc(-c2ccc(Br)cc2)s1. The lowest BCUT2D eigenvalue weighted by molar-refractivity contribution is -0.137. The lowest BCUT2D eigenvalue weighted by Gasteiger charge is -2.00. The Bertz CT molecular complexity index is 661. The summed E-state index contributed by atoms with van der Waals surface area (Å²) in [6.45, 7) is 0. The molecule has 0 unspecified atom stereocenters. The van der Waals surface area contributed by atoms with Gasteiger partial charge >= 0.3 is 5.97 Å². The van der Waals surface area contributed by atoms with Gasteiger partial charge in [-0.25, -0.2) is 0 Å². The number of methoxy groups -OCH3 is 1. The molecule has 0 aliphatic heterocycles. The first-order chi connectivity index (χ1) is 10.6. The van der Waals surface area contributed by atoms with Crippen LogP contribution in [0.25, 0.3) is 10.6 Å². The first-order valence-electron chi connectivity index (χ1n) is 6.12. The van der Waals surface area contributed by atoms with Gasteiger partial charge in [0.05, 0.1) is 18.6 Å². The molecule has 2 aromatic rings. The number of esters is 1. The number of ether oxygens (including phenoxy) is 1. The van der Waals surface area contributed by atoms with E-state index in [9.17, 15) is 9.59 Å². The number of nitrogens with zero attached hydrogens (tertiary/aromatic N) is 2. The van der Waals surface area contributed by atoms with Gasteiger partial charge in [-0.05, 0) is 12.1 Å². The fraction of sp³-hybridized carbons (Fsp3) is 0.231.